The normalized spacial score (nSPS) is 13.7. The van der Waals surface area contributed by atoms with E-state index in [1.54, 1.807) is 0 Å². The highest BCUT2D eigenvalue weighted by Gasteiger charge is 2.30. The zero-order valence-corrected chi connectivity index (χ0v) is 45.2. The molecule has 8 bridgehead atoms. The second-order valence-electron chi connectivity index (χ2n) is 26.2. The Bertz CT molecular complexity index is 4750. The molecule has 2 N–H and O–H groups in total. The van der Waals surface area contributed by atoms with Crippen molar-refractivity contribution in [2.45, 2.75) is 126 Å². The van der Waals surface area contributed by atoms with Crippen molar-refractivity contribution in [1.82, 2.24) is 19.9 Å². The SMILES string of the molecule is Cc1cc(C)c(-c2cc3[nH]c2c2c4ccc(C(C)(C)C)cc4c4c2nc2c(c5ccc([nH]5)c5c6ccc(C(C)(C)C)cc6c6c5nc5c3c3ccc(C(C)(C)C)cc3c56)c3ccc(C(C)(C)C)cc3c24)c(C)c1. The van der Waals surface area contributed by atoms with E-state index >= 15 is 0 Å². The largest absolute Gasteiger partial charge is 0.354 e. The standard InChI is InChI=1S/C69H64N4/c1-33-26-34(2)52(35(3)27-33)48-32-51-55-42-22-18-38(68(10,11)12)30-46(42)57-56-44-28-36(66(4,5)6)16-20-40(44)53(62(56)72-64(55)57)49-24-25-50(70-49)54-41-21-17-37(67(7,8)9)29-45(41)58-59-47-31-39(69(13,14)15)19-23-43(47)60(61(48)71-51)65(59)73-63(54)58/h16-32,70-71H,1-15H3. The fraction of sp³-hybridized carbons (Fsp3) is 0.275. The van der Waals surface area contributed by atoms with Crippen molar-refractivity contribution in [3.05, 3.63) is 142 Å². The number of aromatic amines is 2. The maximum Gasteiger partial charge on any atom is 0.0822 e. The third-order valence-electron chi connectivity index (χ3n) is 17.0. The summed E-state index contributed by atoms with van der Waals surface area (Å²) in [6.45, 7) is 34.7. The minimum Gasteiger partial charge on any atom is -0.354 e. The predicted octanol–water partition coefficient (Wildman–Crippen LogP) is 19.6. The van der Waals surface area contributed by atoms with E-state index in [2.05, 4.69) is 217 Å². The zero-order chi connectivity index (χ0) is 50.9. The Balaban J connectivity index is 1.32. The first-order chi connectivity index (χ1) is 34.5. The molecule has 5 aromatic heterocycles. The van der Waals surface area contributed by atoms with Gasteiger partial charge in [-0.3, -0.25) is 0 Å². The lowest BCUT2D eigenvalue weighted by molar-refractivity contribution is 0.591. The molecule has 0 radical (unpaired) electrons. The van der Waals surface area contributed by atoms with E-state index in [0.29, 0.717) is 0 Å². The van der Waals surface area contributed by atoms with E-state index in [0.717, 1.165) is 65.7 Å². The number of H-pyrrole nitrogens is 2. The van der Waals surface area contributed by atoms with E-state index in [1.165, 1.54) is 115 Å². The summed E-state index contributed by atoms with van der Waals surface area (Å²) in [5, 5.41) is 19.5. The Morgan fingerprint density at radius 1 is 0.315 bits per heavy atom. The summed E-state index contributed by atoms with van der Waals surface area (Å²) in [6, 6.07) is 40.6. The fourth-order valence-corrected chi connectivity index (χ4v) is 13.3. The minimum atomic E-state index is -0.0571. The Kier molecular flexibility index (Phi) is 8.55. The number of hydrogen-bond acceptors (Lipinski definition) is 2. The second kappa shape index (κ2) is 14.0. The summed E-state index contributed by atoms with van der Waals surface area (Å²) in [7, 11) is 0. The molecule has 360 valence electrons. The highest BCUT2D eigenvalue weighted by atomic mass is 14.8. The smallest absolute Gasteiger partial charge is 0.0822 e. The average Bonchev–Trinajstić information content (AvgIpc) is 4.17. The Labute approximate surface area is 426 Å². The Morgan fingerprint density at radius 3 is 1.00 bits per heavy atom. The van der Waals surface area contributed by atoms with Gasteiger partial charge in [-0.15, -0.1) is 0 Å². The van der Waals surface area contributed by atoms with E-state index in [-0.39, 0.29) is 21.7 Å². The van der Waals surface area contributed by atoms with Crippen LogP contribution in [0.15, 0.2) is 103 Å². The highest BCUT2D eigenvalue weighted by molar-refractivity contribution is 6.46. The third-order valence-corrected chi connectivity index (χ3v) is 17.0. The number of aryl methyl sites for hydroxylation is 3. The van der Waals surface area contributed by atoms with Gasteiger partial charge >= 0.3 is 0 Å². The van der Waals surface area contributed by atoms with Crippen LogP contribution in [0, 0.1) is 20.8 Å². The molecule has 0 spiro atoms. The molecule has 0 atom stereocenters. The molecule has 73 heavy (non-hydrogen) atoms. The van der Waals surface area contributed by atoms with Crippen LogP contribution in [0.5, 0.6) is 0 Å². The van der Waals surface area contributed by atoms with Crippen LogP contribution < -0.4 is 0 Å². The lowest BCUT2D eigenvalue weighted by Gasteiger charge is -2.19. The molecule has 0 aliphatic heterocycles. The van der Waals surface area contributed by atoms with Crippen molar-refractivity contribution < 1.29 is 0 Å². The molecule has 0 unspecified atom stereocenters. The number of nitrogens with one attached hydrogen (secondary N) is 2. The van der Waals surface area contributed by atoms with Crippen LogP contribution >= 0.6 is 0 Å². The van der Waals surface area contributed by atoms with Gasteiger partial charge in [0.1, 0.15) is 0 Å². The molecular weight excluding hydrogens is 885 g/mol. The summed E-state index contributed by atoms with van der Waals surface area (Å²) in [4.78, 5) is 20.4. The summed E-state index contributed by atoms with van der Waals surface area (Å²) in [6.07, 6.45) is 0. The van der Waals surface area contributed by atoms with Gasteiger partial charge in [0.25, 0.3) is 0 Å². The Morgan fingerprint density at radius 2 is 0.644 bits per heavy atom. The molecular formula is C69H64N4. The topological polar surface area (TPSA) is 57.4 Å². The molecule has 4 heteroatoms. The summed E-state index contributed by atoms with van der Waals surface area (Å²) in [5.74, 6) is 0. The van der Waals surface area contributed by atoms with Crippen LogP contribution in [0.3, 0.4) is 0 Å². The number of aromatic nitrogens is 4. The van der Waals surface area contributed by atoms with Crippen LogP contribution in [-0.4, -0.2) is 19.9 Å². The van der Waals surface area contributed by atoms with Gasteiger partial charge in [0, 0.05) is 65.2 Å². The summed E-state index contributed by atoms with van der Waals surface area (Å²) >= 11 is 0. The molecule has 0 saturated heterocycles. The van der Waals surface area contributed by atoms with Crippen molar-refractivity contribution in [3.63, 3.8) is 0 Å². The average molecular weight is 949 g/mol. The molecule has 0 aliphatic rings. The van der Waals surface area contributed by atoms with Gasteiger partial charge in [-0.1, -0.05) is 149 Å². The quantitative estimate of drug-likeness (QED) is 0.172. The third kappa shape index (κ3) is 6.01. The van der Waals surface area contributed by atoms with E-state index in [1.807, 2.05) is 0 Å². The van der Waals surface area contributed by atoms with E-state index < -0.39 is 0 Å². The number of benzene rings is 5. The molecule has 0 aliphatic carbocycles. The van der Waals surface area contributed by atoms with Crippen molar-refractivity contribution in [2.75, 3.05) is 0 Å². The van der Waals surface area contributed by atoms with Crippen LogP contribution in [0.4, 0.5) is 0 Å². The summed E-state index contributed by atoms with van der Waals surface area (Å²) in [5.41, 5.74) is 19.8. The van der Waals surface area contributed by atoms with Gasteiger partial charge in [-0.05, 0) is 167 Å². The maximum absolute atomic E-state index is 6.01. The van der Waals surface area contributed by atoms with Gasteiger partial charge < -0.3 is 9.97 Å². The lowest BCUT2D eigenvalue weighted by Crippen LogP contribution is -2.10. The second-order valence-corrected chi connectivity index (χ2v) is 26.2. The van der Waals surface area contributed by atoms with Crippen molar-refractivity contribution in [3.8, 4) is 11.1 Å². The molecule has 4 nitrogen and oxygen atoms in total. The molecule has 14 rings (SSSR count). The van der Waals surface area contributed by atoms with Crippen LogP contribution in [0.1, 0.15) is 122 Å². The number of rotatable bonds is 1. The first-order valence-electron chi connectivity index (χ1n) is 26.5. The zero-order valence-electron chi connectivity index (χ0n) is 45.2. The maximum atomic E-state index is 6.01. The number of hydrogen-bond donors (Lipinski definition) is 2. The van der Waals surface area contributed by atoms with Crippen molar-refractivity contribution in [1.29, 1.82) is 0 Å². The van der Waals surface area contributed by atoms with Gasteiger partial charge in [-0.25, -0.2) is 9.97 Å². The monoisotopic (exact) mass is 949 g/mol. The van der Waals surface area contributed by atoms with E-state index in [9.17, 15) is 0 Å². The van der Waals surface area contributed by atoms with Crippen molar-refractivity contribution in [2.24, 2.45) is 0 Å². The highest BCUT2D eigenvalue weighted by Crippen LogP contribution is 2.53. The molecule has 0 fully saturated rings. The van der Waals surface area contributed by atoms with Gasteiger partial charge in [-0.2, -0.15) is 0 Å². The van der Waals surface area contributed by atoms with Crippen LogP contribution in [-0.2, 0) is 21.7 Å². The molecule has 5 heterocycles. The minimum absolute atomic E-state index is 0.0418. The predicted molar refractivity (Wildman–Crippen MR) is 318 cm³/mol. The molecule has 9 aromatic carbocycles. The molecule has 0 amide bonds. The van der Waals surface area contributed by atoms with Crippen LogP contribution in [0.2, 0.25) is 0 Å². The number of nitrogens with zero attached hydrogens (tertiary/aromatic N) is 2. The van der Waals surface area contributed by atoms with Crippen LogP contribution in [0.25, 0.3) is 141 Å². The first-order valence-corrected chi connectivity index (χ1v) is 26.5. The summed E-state index contributed by atoms with van der Waals surface area (Å²) < 4.78 is 0. The lowest BCUT2D eigenvalue weighted by atomic mass is 9.85. The number of fused-ring (bicyclic) bond motifs is 22. The van der Waals surface area contributed by atoms with Gasteiger partial charge in [0.05, 0.1) is 27.6 Å². The Hall–Kier alpha value is -7.30. The van der Waals surface area contributed by atoms with Gasteiger partial charge in [0.2, 0.25) is 0 Å². The van der Waals surface area contributed by atoms with Gasteiger partial charge in [0.15, 0.2) is 0 Å². The van der Waals surface area contributed by atoms with E-state index in [4.69, 9.17) is 9.97 Å². The van der Waals surface area contributed by atoms with Crippen molar-refractivity contribution >= 4 is 130 Å². The molecule has 0 saturated carbocycles. The fourth-order valence-electron chi connectivity index (χ4n) is 13.3. The first kappa shape index (κ1) is 44.4. The molecule has 14 aromatic rings.